The third-order valence-electron chi connectivity index (χ3n) is 6.62. The van der Waals surface area contributed by atoms with Gasteiger partial charge in [-0.15, -0.1) is 0 Å². The average molecular weight is 639 g/mol. The summed E-state index contributed by atoms with van der Waals surface area (Å²) >= 11 is 15.6. The van der Waals surface area contributed by atoms with Crippen LogP contribution < -0.4 is 10.1 Å². The molecule has 5 aromatic rings. The molecule has 9 heteroatoms. The number of ether oxygens (including phenoxy) is 1. The van der Waals surface area contributed by atoms with Crippen molar-refractivity contribution in [2.45, 2.75) is 32.4 Å². The largest absolute Gasteiger partial charge is 0.486 e. The fourth-order valence-electron chi connectivity index (χ4n) is 4.28. The maximum Gasteiger partial charge on any atom is 0.292 e. The Morgan fingerprint density at radius 2 is 1.70 bits per heavy atom. The van der Waals surface area contributed by atoms with Crippen molar-refractivity contribution < 1.29 is 13.9 Å². The highest BCUT2D eigenvalue weighted by atomic mass is 79.9. The summed E-state index contributed by atoms with van der Waals surface area (Å²) < 4.78 is 14.0. The van der Waals surface area contributed by atoms with E-state index in [2.05, 4.69) is 76.6 Å². The molecule has 2 aromatic heterocycles. The SMILES string of the molecule is CC(C)(c1ccccc1)c1ccc(OCc2ccc(C(=O)Nc3nn(Cc4ccc(Cl)c(Cl)c4)cc3Br)o2)cc1. The van der Waals surface area contributed by atoms with Crippen LogP contribution in [-0.4, -0.2) is 15.7 Å². The first-order valence-corrected chi connectivity index (χ1v) is 14.1. The van der Waals surface area contributed by atoms with Crippen LogP contribution in [0.25, 0.3) is 0 Å². The molecule has 0 saturated heterocycles. The van der Waals surface area contributed by atoms with Gasteiger partial charge in [0, 0.05) is 11.6 Å². The van der Waals surface area contributed by atoms with Gasteiger partial charge in [0.05, 0.1) is 21.1 Å². The maximum atomic E-state index is 12.8. The number of hydrogen-bond donors (Lipinski definition) is 1. The van der Waals surface area contributed by atoms with E-state index in [1.54, 1.807) is 35.1 Å². The molecule has 5 rings (SSSR count). The molecule has 0 radical (unpaired) electrons. The molecule has 0 aliphatic rings. The molecule has 0 saturated carbocycles. The average Bonchev–Trinajstić information content (AvgIpc) is 3.56. The first-order chi connectivity index (χ1) is 19.2. The Bertz CT molecular complexity index is 1630. The van der Waals surface area contributed by atoms with E-state index in [1.807, 2.05) is 24.3 Å². The van der Waals surface area contributed by atoms with Crippen molar-refractivity contribution in [3.8, 4) is 5.75 Å². The molecule has 0 unspecified atom stereocenters. The van der Waals surface area contributed by atoms with Crippen molar-refractivity contribution >= 4 is 50.9 Å². The van der Waals surface area contributed by atoms with Crippen LogP contribution in [0.1, 0.15) is 46.9 Å². The second-order valence-corrected chi connectivity index (χ2v) is 11.5. The molecular weight excluding hydrogens is 613 g/mol. The number of nitrogens with one attached hydrogen (secondary N) is 1. The van der Waals surface area contributed by atoms with Gasteiger partial charge in [-0.2, -0.15) is 5.10 Å². The molecule has 0 atom stereocenters. The third kappa shape index (κ3) is 6.44. The fourth-order valence-corrected chi connectivity index (χ4v) is 5.01. The lowest BCUT2D eigenvalue weighted by Crippen LogP contribution is -2.18. The Kier molecular flexibility index (Phi) is 8.35. The second kappa shape index (κ2) is 11.9. The van der Waals surface area contributed by atoms with E-state index >= 15 is 0 Å². The van der Waals surface area contributed by atoms with Gasteiger partial charge in [0.1, 0.15) is 18.1 Å². The number of rotatable bonds is 9. The number of hydrogen-bond acceptors (Lipinski definition) is 4. The number of anilines is 1. The highest BCUT2D eigenvalue weighted by Crippen LogP contribution is 2.32. The molecule has 1 N–H and O–H groups in total. The molecule has 3 aromatic carbocycles. The van der Waals surface area contributed by atoms with E-state index in [4.69, 9.17) is 32.4 Å². The molecule has 0 bridgehead atoms. The smallest absolute Gasteiger partial charge is 0.292 e. The molecule has 40 heavy (non-hydrogen) atoms. The summed E-state index contributed by atoms with van der Waals surface area (Å²) in [6, 6.07) is 27.2. The molecule has 2 heterocycles. The third-order valence-corrected chi connectivity index (χ3v) is 7.93. The minimum atomic E-state index is -0.417. The molecule has 0 aliphatic carbocycles. The molecule has 0 aliphatic heterocycles. The monoisotopic (exact) mass is 637 g/mol. The van der Waals surface area contributed by atoms with E-state index in [0.29, 0.717) is 38.4 Å². The van der Waals surface area contributed by atoms with Gasteiger partial charge in [-0.1, -0.05) is 85.6 Å². The van der Waals surface area contributed by atoms with Crippen LogP contribution in [0.3, 0.4) is 0 Å². The molecule has 6 nitrogen and oxygen atoms in total. The van der Waals surface area contributed by atoms with Gasteiger partial charge in [-0.05, 0) is 69.0 Å². The number of carbonyl (C=O) groups is 1. The summed E-state index contributed by atoms with van der Waals surface area (Å²) in [6.45, 7) is 5.05. The molecule has 0 spiro atoms. The highest BCUT2D eigenvalue weighted by molar-refractivity contribution is 9.10. The standard InChI is InChI=1S/C31H26BrCl2N3O3/c1-31(2,21-6-4-3-5-7-21)22-9-11-23(12-10-22)39-19-24-13-15-28(40-24)30(38)35-29-25(32)18-37(36-29)17-20-8-14-26(33)27(34)16-20/h3-16,18H,17,19H2,1-2H3,(H,35,36,38). The van der Waals surface area contributed by atoms with Gasteiger partial charge in [-0.3, -0.25) is 9.48 Å². The summed E-state index contributed by atoms with van der Waals surface area (Å²) in [6.07, 6.45) is 1.77. The quantitative estimate of drug-likeness (QED) is 0.175. The van der Waals surface area contributed by atoms with Crippen molar-refractivity contribution in [3.05, 3.63) is 134 Å². The highest BCUT2D eigenvalue weighted by Gasteiger charge is 2.23. The summed E-state index contributed by atoms with van der Waals surface area (Å²) in [4.78, 5) is 12.8. The van der Waals surface area contributed by atoms with Gasteiger partial charge >= 0.3 is 0 Å². The number of furan rings is 1. The Labute approximate surface area is 251 Å². The molecule has 0 fully saturated rings. The second-order valence-electron chi connectivity index (χ2n) is 9.80. The van der Waals surface area contributed by atoms with Gasteiger partial charge in [0.2, 0.25) is 0 Å². The lowest BCUT2D eigenvalue weighted by atomic mass is 9.78. The van der Waals surface area contributed by atoms with Crippen molar-refractivity contribution in [1.29, 1.82) is 0 Å². The van der Waals surface area contributed by atoms with E-state index in [0.717, 1.165) is 5.56 Å². The van der Waals surface area contributed by atoms with Crippen LogP contribution >= 0.6 is 39.1 Å². The van der Waals surface area contributed by atoms with E-state index < -0.39 is 5.91 Å². The molecular formula is C31H26BrCl2N3O3. The van der Waals surface area contributed by atoms with Gasteiger partial charge in [-0.25, -0.2) is 0 Å². The number of aromatic nitrogens is 2. The van der Waals surface area contributed by atoms with Crippen LogP contribution in [0.5, 0.6) is 5.75 Å². The van der Waals surface area contributed by atoms with E-state index in [-0.39, 0.29) is 17.8 Å². The normalized spacial score (nSPS) is 11.4. The molecule has 204 valence electrons. The maximum absolute atomic E-state index is 12.8. The van der Waals surface area contributed by atoms with E-state index in [1.165, 1.54) is 11.1 Å². The van der Waals surface area contributed by atoms with Gasteiger partial charge < -0.3 is 14.5 Å². The van der Waals surface area contributed by atoms with Crippen LogP contribution in [-0.2, 0) is 18.6 Å². The fraction of sp³-hybridized carbons (Fsp3) is 0.161. The lowest BCUT2D eigenvalue weighted by Gasteiger charge is -2.26. The van der Waals surface area contributed by atoms with Crippen molar-refractivity contribution in [3.63, 3.8) is 0 Å². The number of nitrogens with zero attached hydrogens (tertiary/aromatic N) is 2. The zero-order valence-corrected chi connectivity index (χ0v) is 24.9. The van der Waals surface area contributed by atoms with Gasteiger partial charge in [0.15, 0.2) is 11.6 Å². The zero-order chi connectivity index (χ0) is 28.3. The number of carbonyl (C=O) groups excluding carboxylic acids is 1. The van der Waals surface area contributed by atoms with Crippen LogP contribution in [0.2, 0.25) is 10.0 Å². The zero-order valence-electron chi connectivity index (χ0n) is 21.8. The van der Waals surface area contributed by atoms with Crippen molar-refractivity contribution in [1.82, 2.24) is 9.78 Å². The summed E-state index contributed by atoms with van der Waals surface area (Å²) in [5.41, 5.74) is 3.23. The summed E-state index contributed by atoms with van der Waals surface area (Å²) in [5, 5.41) is 8.18. The van der Waals surface area contributed by atoms with Crippen LogP contribution in [0, 0.1) is 0 Å². The predicted octanol–water partition coefficient (Wildman–Crippen LogP) is 8.75. The Hall–Kier alpha value is -3.52. The minimum absolute atomic E-state index is 0.128. The lowest BCUT2D eigenvalue weighted by molar-refractivity contribution is 0.0992. The number of amides is 1. The first-order valence-electron chi connectivity index (χ1n) is 12.5. The van der Waals surface area contributed by atoms with Crippen molar-refractivity contribution in [2.75, 3.05) is 5.32 Å². The predicted molar refractivity (Wildman–Crippen MR) is 161 cm³/mol. The Morgan fingerprint density at radius 1 is 0.975 bits per heavy atom. The summed E-state index contributed by atoms with van der Waals surface area (Å²) in [7, 11) is 0. The van der Waals surface area contributed by atoms with E-state index in [9.17, 15) is 4.79 Å². The minimum Gasteiger partial charge on any atom is -0.486 e. The van der Waals surface area contributed by atoms with Gasteiger partial charge in [0.25, 0.3) is 5.91 Å². The Morgan fingerprint density at radius 3 is 2.42 bits per heavy atom. The summed E-state index contributed by atoms with van der Waals surface area (Å²) in [5.74, 6) is 1.36. The molecule has 1 amide bonds. The van der Waals surface area contributed by atoms with Crippen molar-refractivity contribution in [2.24, 2.45) is 0 Å². The number of halogens is 3. The topological polar surface area (TPSA) is 69.3 Å². The Balaban J connectivity index is 1.17. The first kappa shape index (κ1) is 28.0. The van der Waals surface area contributed by atoms with Crippen LogP contribution in [0.4, 0.5) is 5.82 Å². The van der Waals surface area contributed by atoms with Crippen LogP contribution in [0.15, 0.2) is 100 Å². The number of benzene rings is 3.